The predicted molar refractivity (Wildman–Crippen MR) is 96.9 cm³/mol. The first-order valence-corrected chi connectivity index (χ1v) is 9.91. The van der Waals surface area contributed by atoms with Gasteiger partial charge in [-0.15, -0.1) is 11.3 Å². The number of sulfonamides is 1. The second-order valence-corrected chi connectivity index (χ2v) is 8.91. The number of benzene rings is 1. The molecule has 0 atom stereocenters. The summed E-state index contributed by atoms with van der Waals surface area (Å²) in [6.45, 7) is 4.22. The molecule has 0 aliphatic heterocycles. The van der Waals surface area contributed by atoms with Crippen molar-refractivity contribution in [1.29, 1.82) is 0 Å². The van der Waals surface area contributed by atoms with Crippen LogP contribution in [0.15, 0.2) is 35.2 Å². The lowest BCUT2D eigenvalue weighted by Crippen LogP contribution is -2.26. The molecule has 2 aromatic rings. The molecule has 0 spiro atoms. The number of thiophene rings is 1. The first kappa shape index (κ1) is 18.6. The number of aryl methyl sites for hydroxylation is 2. The molecule has 0 saturated carbocycles. The first-order chi connectivity index (χ1) is 11.3. The summed E-state index contributed by atoms with van der Waals surface area (Å²) in [5.74, 6) is -0.181. The molecule has 1 aromatic heterocycles. The zero-order chi connectivity index (χ0) is 17.9. The number of nitrogens with zero attached hydrogens (tertiary/aromatic N) is 1. The van der Waals surface area contributed by atoms with Crippen LogP contribution in [0.5, 0.6) is 0 Å². The molecule has 1 aromatic carbocycles. The average molecular weight is 367 g/mol. The van der Waals surface area contributed by atoms with E-state index in [1.54, 1.807) is 24.3 Å². The molecule has 0 aliphatic carbocycles. The summed E-state index contributed by atoms with van der Waals surface area (Å²) in [7, 11) is -0.559. The van der Waals surface area contributed by atoms with Gasteiger partial charge in [0.2, 0.25) is 10.0 Å². The van der Waals surface area contributed by atoms with E-state index in [0.717, 1.165) is 12.0 Å². The number of nitrogens with one attached hydrogen (secondary N) is 1. The normalized spacial score (nSPS) is 11.7. The topological polar surface area (TPSA) is 66.5 Å². The average Bonchev–Trinajstić information content (AvgIpc) is 2.93. The molecule has 0 fully saturated rings. The fourth-order valence-corrected chi connectivity index (χ4v) is 4.49. The van der Waals surface area contributed by atoms with Crippen LogP contribution in [0.3, 0.4) is 0 Å². The van der Waals surface area contributed by atoms with Gasteiger partial charge in [0.05, 0.1) is 9.77 Å². The quantitative estimate of drug-likeness (QED) is 0.855. The molecule has 2 rings (SSSR count). The van der Waals surface area contributed by atoms with Crippen molar-refractivity contribution in [3.05, 3.63) is 51.2 Å². The maximum absolute atomic E-state index is 12.4. The predicted octanol–water partition coefficient (Wildman–Crippen LogP) is 2.80. The molecule has 0 aliphatic rings. The highest BCUT2D eigenvalue weighted by Gasteiger charge is 2.21. The molecule has 130 valence electrons. The molecule has 0 unspecified atom stereocenters. The monoisotopic (exact) mass is 366 g/mol. The number of carbonyl (C=O) groups is 1. The van der Waals surface area contributed by atoms with Gasteiger partial charge in [-0.25, -0.2) is 12.7 Å². The van der Waals surface area contributed by atoms with Crippen LogP contribution in [-0.2, 0) is 23.0 Å². The SMILES string of the molecule is CCc1sc(C(=O)NCc2ccccc2S(=O)(=O)N(C)C)cc1C. The molecule has 1 amide bonds. The van der Waals surface area contributed by atoms with Gasteiger partial charge in [0.1, 0.15) is 0 Å². The van der Waals surface area contributed by atoms with Crippen LogP contribution in [-0.4, -0.2) is 32.7 Å². The van der Waals surface area contributed by atoms with Crippen molar-refractivity contribution in [1.82, 2.24) is 9.62 Å². The molecule has 0 radical (unpaired) electrons. The van der Waals surface area contributed by atoms with E-state index in [4.69, 9.17) is 0 Å². The largest absolute Gasteiger partial charge is 0.347 e. The smallest absolute Gasteiger partial charge is 0.261 e. The van der Waals surface area contributed by atoms with Crippen LogP contribution in [0.4, 0.5) is 0 Å². The maximum Gasteiger partial charge on any atom is 0.261 e. The third-order valence-corrected chi connectivity index (χ3v) is 7.03. The molecule has 1 N–H and O–H groups in total. The fourth-order valence-electron chi connectivity index (χ4n) is 2.34. The lowest BCUT2D eigenvalue weighted by atomic mass is 10.2. The van der Waals surface area contributed by atoms with Gasteiger partial charge in [-0.05, 0) is 36.6 Å². The third-order valence-electron chi connectivity index (χ3n) is 3.74. The highest BCUT2D eigenvalue weighted by molar-refractivity contribution is 7.89. The zero-order valence-corrected chi connectivity index (χ0v) is 15.9. The second-order valence-electron chi connectivity index (χ2n) is 5.65. The molecular formula is C17H22N2O3S2. The Hall–Kier alpha value is -1.70. The van der Waals surface area contributed by atoms with E-state index in [-0.39, 0.29) is 17.3 Å². The Morgan fingerprint density at radius 1 is 1.25 bits per heavy atom. The van der Waals surface area contributed by atoms with Crippen LogP contribution < -0.4 is 5.32 Å². The fraction of sp³-hybridized carbons (Fsp3) is 0.353. The highest BCUT2D eigenvalue weighted by atomic mass is 32.2. The molecular weight excluding hydrogens is 344 g/mol. The zero-order valence-electron chi connectivity index (χ0n) is 14.3. The van der Waals surface area contributed by atoms with Crippen LogP contribution in [0.2, 0.25) is 0 Å². The minimum Gasteiger partial charge on any atom is -0.347 e. The number of hydrogen-bond donors (Lipinski definition) is 1. The van der Waals surface area contributed by atoms with Gasteiger partial charge in [-0.1, -0.05) is 25.1 Å². The number of amides is 1. The standard InChI is InChI=1S/C17H22N2O3S2/c1-5-14-12(2)10-15(23-14)17(20)18-11-13-8-6-7-9-16(13)24(21,22)19(3)4/h6-10H,5,11H2,1-4H3,(H,18,20). The van der Waals surface area contributed by atoms with Gasteiger partial charge in [-0.3, -0.25) is 4.79 Å². The van der Waals surface area contributed by atoms with E-state index in [1.165, 1.54) is 34.6 Å². The highest BCUT2D eigenvalue weighted by Crippen LogP contribution is 2.23. The first-order valence-electron chi connectivity index (χ1n) is 7.65. The van der Waals surface area contributed by atoms with Crippen LogP contribution in [0.25, 0.3) is 0 Å². The van der Waals surface area contributed by atoms with Crippen LogP contribution in [0.1, 0.15) is 32.6 Å². The molecule has 0 saturated heterocycles. The van der Waals surface area contributed by atoms with Gasteiger partial charge < -0.3 is 5.32 Å². The summed E-state index contributed by atoms with van der Waals surface area (Å²) in [6.07, 6.45) is 0.897. The van der Waals surface area contributed by atoms with E-state index in [1.807, 2.05) is 13.0 Å². The third kappa shape index (κ3) is 3.85. The van der Waals surface area contributed by atoms with Crippen LogP contribution >= 0.6 is 11.3 Å². The van der Waals surface area contributed by atoms with Crippen molar-refractivity contribution in [3.8, 4) is 0 Å². The minimum atomic E-state index is -3.54. The summed E-state index contributed by atoms with van der Waals surface area (Å²) in [5.41, 5.74) is 1.69. The Bertz CT molecular complexity index is 839. The molecule has 1 heterocycles. The van der Waals surface area contributed by atoms with Gasteiger partial charge in [0, 0.05) is 25.5 Å². The molecule has 24 heavy (non-hydrogen) atoms. The second kappa shape index (κ2) is 7.46. The van der Waals surface area contributed by atoms with Crippen molar-refractivity contribution < 1.29 is 13.2 Å². The summed E-state index contributed by atoms with van der Waals surface area (Å²) in [6, 6.07) is 8.59. The summed E-state index contributed by atoms with van der Waals surface area (Å²) in [4.78, 5) is 14.4. The van der Waals surface area contributed by atoms with Gasteiger partial charge in [0.25, 0.3) is 5.91 Å². The van der Waals surface area contributed by atoms with Crippen molar-refractivity contribution in [3.63, 3.8) is 0 Å². The molecule has 5 nitrogen and oxygen atoms in total. The lowest BCUT2D eigenvalue weighted by Gasteiger charge is -2.15. The van der Waals surface area contributed by atoms with E-state index < -0.39 is 10.0 Å². The van der Waals surface area contributed by atoms with E-state index in [9.17, 15) is 13.2 Å². The van der Waals surface area contributed by atoms with Gasteiger partial charge in [0.15, 0.2) is 0 Å². The van der Waals surface area contributed by atoms with E-state index in [2.05, 4.69) is 12.2 Å². The van der Waals surface area contributed by atoms with Crippen molar-refractivity contribution in [2.24, 2.45) is 0 Å². The Morgan fingerprint density at radius 2 is 1.92 bits per heavy atom. The number of rotatable bonds is 6. The Kier molecular flexibility index (Phi) is 5.79. The minimum absolute atomic E-state index is 0.167. The maximum atomic E-state index is 12.4. The van der Waals surface area contributed by atoms with Crippen LogP contribution in [0, 0.1) is 6.92 Å². The van der Waals surface area contributed by atoms with Gasteiger partial charge >= 0.3 is 0 Å². The van der Waals surface area contributed by atoms with E-state index in [0.29, 0.717) is 10.4 Å². The van der Waals surface area contributed by atoms with Crippen molar-refractivity contribution in [2.75, 3.05) is 14.1 Å². The van der Waals surface area contributed by atoms with Crippen molar-refractivity contribution in [2.45, 2.75) is 31.7 Å². The summed E-state index contributed by atoms with van der Waals surface area (Å²) in [5, 5.41) is 2.82. The number of carbonyl (C=O) groups excluding carboxylic acids is 1. The Balaban J connectivity index is 2.19. The summed E-state index contributed by atoms with van der Waals surface area (Å²) < 4.78 is 25.9. The van der Waals surface area contributed by atoms with E-state index >= 15 is 0 Å². The number of hydrogen-bond acceptors (Lipinski definition) is 4. The summed E-state index contributed by atoms with van der Waals surface area (Å²) >= 11 is 1.48. The molecule has 7 heteroatoms. The lowest BCUT2D eigenvalue weighted by molar-refractivity contribution is 0.0954. The Labute approximate surface area is 147 Å². The molecule has 0 bridgehead atoms. The van der Waals surface area contributed by atoms with Crippen molar-refractivity contribution >= 4 is 27.3 Å². The van der Waals surface area contributed by atoms with Gasteiger partial charge in [-0.2, -0.15) is 0 Å². The Morgan fingerprint density at radius 3 is 2.50 bits per heavy atom.